The lowest BCUT2D eigenvalue weighted by Crippen LogP contribution is -2.15. The van der Waals surface area contributed by atoms with Crippen molar-refractivity contribution in [2.75, 3.05) is 23.9 Å². The lowest BCUT2D eigenvalue weighted by molar-refractivity contribution is 0.601. The van der Waals surface area contributed by atoms with Crippen LogP contribution in [0.1, 0.15) is 25.6 Å². The molecule has 0 bridgehead atoms. The molecule has 1 N–H and O–H groups in total. The minimum Gasteiger partial charge on any atom is -0.356 e. The summed E-state index contributed by atoms with van der Waals surface area (Å²) in [6.45, 7) is 6.91. The predicted octanol–water partition coefficient (Wildman–Crippen LogP) is 1.56. The molecule has 0 aliphatic heterocycles. The van der Waals surface area contributed by atoms with Crippen molar-refractivity contribution in [3.8, 4) is 0 Å². The van der Waals surface area contributed by atoms with E-state index < -0.39 is 10.8 Å². The quantitative estimate of drug-likeness (QED) is 0.833. The number of aromatic nitrogens is 2. The van der Waals surface area contributed by atoms with Gasteiger partial charge in [-0.3, -0.25) is 4.21 Å². The largest absolute Gasteiger partial charge is 0.356 e. The lowest BCUT2D eigenvalue weighted by atomic mass is 10.4. The number of rotatable bonds is 5. The van der Waals surface area contributed by atoms with Crippen LogP contribution in [-0.4, -0.2) is 32.3 Å². The maximum absolute atomic E-state index is 11.2. The van der Waals surface area contributed by atoms with E-state index in [1.54, 1.807) is 6.26 Å². The number of anilines is 1. The van der Waals surface area contributed by atoms with Crippen molar-refractivity contribution in [1.82, 2.24) is 9.55 Å². The number of aryl methyl sites for hydroxylation is 1. The van der Waals surface area contributed by atoms with Crippen LogP contribution in [0, 0.1) is 6.92 Å². The number of imidazole rings is 1. The van der Waals surface area contributed by atoms with Crippen molar-refractivity contribution in [3.63, 3.8) is 0 Å². The zero-order valence-electron chi connectivity index (χ0n) is 9.78. The van der Waals surface area contributed by atoms with Gasteiger partial charge in [0.1, 0.15) is 0 Å². The van der Waals surface area contributed by atoms with Gasteiger partial charge in [0.05, 0.1) is 5.69 Å². The first-order valence-corrected chi connectivity index (χ1v) is 6.86. The minimum absolute atomic E-state index is 0.214. The summed E-state index contributed by atoms with van der Waals surface area (Å²) in [5.74, 6) is 1.53. The van der Waals surface area contributed by atoms with Crippen LogP contribution in [-0.2, 0) is 10.8 Å². The Balaban J connectivity index is 2.86. The minimum atomic E-state index is -0.775. The van der Waals surface area contributed by atoms with Crippen molar-refractivity contribution >= 4 is 16.7 Å². The standard InChI is InChI=1S/C10H19N3OS/c1-5-11-10-12-8(2)6-13(10)9(3)7-15(4)14/h6,9H,5,7H2,1-4H3,(H,11,12). The Morgan fingerprint density at radius 1 is 1.67 bits per heavy atom. The van der Waals surface area contributed by atoms with Crippen molar-refractivity contribution in [2.45, 2.75) is 26.8 Å². The Kier molecular flexibility index (Phi) is 4.32. The summed E-state index contributed by atoms with van der Waals surface area (Å²) in [6.07, 6.45) is 3.72. The van der Waals surface area contributed by atoms with Gasteiger partial charge in [0, 0.05) is 41.6 Å². The molecule has 86 valence electrons. The van der Waals surface area contributed by atoms with Gasteiger partial charge in [0.2, 0.25) is 5.95 Å². The molecule has 1 heterocycles. The predicted molar refractivity (Wildman–Crippen MR) is 64.8 cm³/mol. The van der Waals surface area contributed by atoms with Gasteiger partial charge in [-0.25, -0.2) is 4.98 Å². The number of hydrogen-bond donors (Lipinski definition) is 1. The maximum atomic E-state index is 11.2. The number of nitrogens with one attached hydrogen (secondary N) is 1. The molecule has 0 saturated heterocycles. The van der Waals surface area contributed by atoms with E-state index in [4.69, 9.17) is 0 Å². The Bertz CT molecular complexity index is 348. The maximum Gasteiger partial charge on any atom is 0.203 e. The van der Waals surface area contributed by atoms with Crippen LogP contribution in [0.4, 0.5) is 5.95 Å². The average Bonchev–Trinajstić information content (AvgIpc) is 2.46. The molecule has 0 aliphatic rings. The molecule has 0 radical (unpaired) electrons. The van der Waals surface area contributed by atoms with Gasteiger partial charge >= 0.3 is 0 Å². The summed E-state index contributed by atoms with van der Waals surface area (Å²) in [5, 5.41) is 3.20. The van der Waals surface area contributed by atoms with E-state index >= 15 is 0 Å². The van der Waals surface area contributed by atoms with Crippen LogP contribution < -0.4 is 5.32 Å². The fraction of sp³-hybridized carbons (Fsp3) is 0.700. The smallest absolute Gasteiger partial charge is 0.203 e. The van der Waals surface area contributed by atoms with Crippen molar-refractivity contribution < 1.29 is 4.21 Å². The Hall–Kier alpha value is -0.840. The normalized spacial score (nSPS) is 14.9. The van der Waals surface area contributed by atoms with Gasteiger partial charge in [0.25, 0.3) is 0 Å². The van der Waals surface area contributed by atoms with Crippen LogP contribution >= 0.6 is 0 Å². The first-order valence-electron chi connectivity index (χ1n) is 5.14. The molecule has 0 aromatic carbocycles. The van der Waals surface area contributed by atoms with Crippen LogP contribution in [0.15, 0.2) is 6.20 Å². The summed E-state index contributed by atoms with van der Waals surface area (Å²) < 4.78 is 13.2. The molecule has 0 fully saturated rings. The Labute approximate surface area is 93.5 Å². The molecule has 5 heteroatoms. The first kappa shape index (κ1) is 12.2. The molecule has 1 rings (SSSR count). The van der Waals surface area contributed by atoms with Crippen molar-refractivity contribution in [1.29, 1.82) is 0 Å². The van der Waals surface area contributed by atoms with E-state index in [2.05, 4.69) is 21.8 Å². The second kappa shape index (κ2) is 5.30. The van der Waals surface area contributed by atoms with E-state index in [0.29, 0.717) is 5.75 Å². The zero-order valence-corrected chi connectivity index (χ0v) is 10.6. The van der Waals surface area contributed by atoms with Gasteiger partial charge in [0.15, 0.2) is 0 Å². The van der Waals surface area contributed by atoms with E-state index in [-0.39, 0.29) is 6.04 Å². The molecule has 0 amide bonds. The van der Waals surface area contributed by atoms with Gasteiger partial charge < -0.3 is 9.88 Å². The molecular formula is C10H19N3OS. The average molecular weight is 229 g/mol. The summed E-state index contributed by atoms with van der Waals surface area (Å²) in [5.41, 5.74) is 0.986. The first-order chi connectivity index (χ1) is 7.04. The second-order valence-electron chi connectivity index (χ2n) is 3.73. The summed E-state index contributed by atoms with van der Waals surface area (Å²) >= 11 is 0. The van der Waals surface area contributed by atoms with E-state index in [1.165, 1.54) is 0 Å². The molecular weight excluding hydrogens is 210 g/mol. The third-order valence-electron chi connectivity index (χ3n) is 2.14. The molecule has 0 saturated carbocycles. The molecule has 2 atom stereocenters. The molecule has 0 spiro atoms. The highest BCUT2D eigenvalue weighted by Gasteiger charge is 2.12. The van der Waals surface area contributed by atoms with Crippen LogP contribution in [0.2, 0.25) is 0 Å². The van der Waals surface area contributed by atoms with Gasteiger partial charge in [-0.2, -0.15) is 0 Å². The summed E-state index contributed by atoms with van der Waals surface area (Å²) in [4.78, 5) is 4.38. The third kappa shape index (κ3) is 3.34. The van der Waals surface area contributed by atoms with E-state index in [1.807, 2.05) is 20.0 Å². The van der Waals surface area contributed by atoms with Crippen molar-refractivity contribution in [2.24, 2.45) is 0 Å². The fourth-order valence-electron chi connectivity index (χ4n) is 1.56. The number of hydrogen-bond acceptors (Lipinski definition) is 3. The molecule has 2 unspecified atom stereocenters. The molecule has 1 aromatic heterocycles. The lowest BCUT2D eigenvalue weighted by Gasteiger charge is -2.15. The summed E-state index contributed by atoms with van der Waals surface area (Å²) in [7, 11) is -0.775. The van der Waals surface area contributed by atoms with Gasteiger partial charge in [-0.15, -0.1) is 0 Å². The van der Waals surface area contributed by atoms with E-state index in [9.17, 15) is 4.21 Å². The topological polar surface area (TPSA) is 46.9 Å². The van der Waals surface area contributed by atoms with Gasteiger partial charge in [-0.05, 0) is 20.8 Å². The van der Waals surface area contributed by atoms with Crippen LogP contribution in [0.5, 0.6) is 0 Å². The SMILES string of the molecule is CCNc1nc(C)cn1C(C)CS(C)=O. The molecule has 0 aliphatic carbocycles. The Morgan fingerprint density at radius 2 is 2.33 bits per heavy atom. The molecule has 4 nitrogen and oxygen atoms in total. The third-order valence-corrected chi connectivity index (χ3v) is 3.09. The zero-order chi connectivity index (χ0) is 11.4. The highest BCUT2D eigenvalue weighted by atomic mass is 32.2. The van der Waals surface area contributed by atoms with Gasteiger partial charge in [-0.1, -0.05) is 0 Å². The van der Waals surface area contributed by atoms with Crippen LogP contribution in [0.25, 0.3) is 0 Å². The molecule has 1 aromatic rings. The van der Waals surface area contributed by atoms with Crippen molar-refractivity contribution in [3.05, 3.63) is 11.9 Å². The Morgan fingerprint density at radius 3 is 2.87 bits per heavy atom. The second-order valence-corrected chi connectivity index (χ2v) is 5.21. The number of nitrogens with zero attached hydrogens (tertiary/aromatic N) is 2. The molecule has 15 heavy (non-hydrogen) atoms. The summed E-state index contributed by atoms with van der Waals surface area (Å²) in [6, 6.07) is 0.214. The highest BCUT2D eigenvalue weighted by Crippen LogP contribution is 2.16. The van der Waals surface area contributed by atoms with Crippen LogP contribution in [0.3, 0.4) is 0 Å². The fourth-order valence-corrected chi connectivity index (χ4v) is 2.40. The highest BCUT2D eigenvalue weighted by molar-refractivity contribution is 7.84. The monoisotopic (exact) mass is 229 g/mol. The van der Waals surface area contributed by atoms with E-state index in [0.717, 1.165) is 18.2 Å².